The quantitative estimate of drug-likeness (QED) is 0.793. The van der Waals surface area contributed by atoms with Gasteiger partial charge in [-0.2, -0.15) is 0 Å². The third kappa shape index (κ3) is 5.07. The van der Waals surface area contributed by atoms with E-state index in [1.54, 1.807) is 18.3 Å². The second-order valence-electron chi connectivity index (χ2n) is 8.34. The van der Waals surface area contributed by atoms with E-state index in [4.69, 9.17) is 4.74 Å². The number of benzene rings is 1. The fraction of sp³-hybridized carbons (Fsp3) is 0.458. The first-order valence-corrected chi connectivity index (χ1v) is 11.1. The molecule has 2 aromatic rings. The van der Waals surface area contributed by atoms with Crippen molar-refractivity contribution in [2.75, 3.05) is 39.4 Å². The van der Waals surface area contributed by atoms with Crippen molar-refractivity contribution in [1.82, 2.24) is 20.1 Å². The number of carbonyl (C=O) groups is 2. The van der Waals surface area contributed by atoms with E-state index in [-0.39, 0.29) is 23.7 Å². The number of hydrogen-bond acceptors (Lipinski definition) is 4. The largest absolute Gasteiger partial charge is 0.378 e. The van der Waals surface area contributed by atoms with Gasteiger partial charge in [-0.3, -0.25) is 9.78 Å². The summed E-state index contributed by atoms with van der Waals surface area (Å²) in [6.07, 6.45) is 2.92. The molecule has 1 N–H and O–H groups in total. The summed E-state index contributed by atoms with van der Waals surface area (Å²) >= 11 is 0. The van der Waals surface area contributed by atoms with Gasteiger partial charge in [-0.25, -0.2) is 9.18 Å². The van der Waals surface area contributed by atoms with E-state index in [0.717, 1.165) is 16.8 Å². The molecule has 32 heavy (non-hydrogen) atoms. The number of urea groups is 1. The first kappa shape index (κ1) is 22.2. The van der Waals surface area contributed by atoms with Crippen molar-refractivity contribution in [2.45, 2.75) is 25.8 Å². The summed E-state index contributed by atoms with van der Waals surface area (Å²) in [7, 11) is 0. The van der Waals surface area contributed by atoms with Gasteiger partial charge in [0.15, 0.2) is 0 Å². The van der Waals surface area contributed by atoms with Gasteiger partial charge in [0.1, 0.15) is 5.82 Å². The number of pyridine rings is 1. The van der Waals surface area contributed by atoms with E-state index < -0.39 is 6.04 Å². The zero-order valence-corrected chi connectivity index (χ0v) is 18.3. The Bertz CT molecular complexity index is 939. The summed E-state index contributed by atoms with van der Waals surface area (Å²) in [5.41, 5.74) is 2.47. The molecule has 3 heterocycles. The number of ether oxygens (including phenoxy) is 1. The third-order valence-corrected chi connectivity index (χ3v) is 6.23. The van der Waals surface area contributed by atoms with E-state index in [2.05, 4.69) is 10.3 Å². The lowest BCUT2D eigenvalue weighted by molar-refractivity contribution is -0.126. The minimum atomic E-state index is -0.461. The van der Waals surface area contributed by atoms with Gasteiger partial charge in [0.2, 0.25) is 5.91 Å². The first-order chi connectivity index (χ1) is 15.5. The molecular formula is C24H29FN4O3. The van der Waals surface area contributed by atoms with Crippen LogP contribution in [0.25, 0.3) is 0 Å². The monoisotopic (exact) mass is 440 g/mol. The van der Waals surface area contributed by atoms with Gasteiger partial charge in [-0.1, -0.05) is 18.2 Å². The predicted octanol–water partition coefficient (Wildman–Crippen LogP) is 2.90. The van der Waals surface area contributed by atoms with Crippen LogP contribution in [-0.2, 0) is 9.53 Å². The second kappa shape index (κ2) is 10.1. The summed E-state index contributed by atoms with van der Waals surface area (Å²) in [6, 6.07) is 9.50. The highest BCUT2D eigenvalue weighted by atomic mass is 19.1. The topological polar surface area (TPSA) is 74.8 Å². The van der Waals surface area contributed by atoms with E-state index >= 15 is 0 Å². The van der Waals surface area contributed by atoms with Crippen LogP contribution in [0.2, 0.25) is 0 Å². The number of morpholine rings is 1. The Balaban J connectivity index is 1.42. The van der Waals surface area contributed by atoms with Crippen LogP contribution in [0.4, 0.5) is 9.18 Å². The average Bonchev–Trinajstić information content (AvgIpc) is 2.84. The number of nitrogens with one attached hydrogen (secondary N) is 1. The lowest BCUT2D eigenvalue weighted by atomic mass is 9.94. The van der Waals surface area contributed by atoms with Crippen molar-refractivity contribution in [3.8, 4) is 0 Å². The van der Waals surface area contributed by atoms with Crippen LogP contribution in [0.1, 0.15) is 35.7 Å². The molecule has 0 spiro atoms. The van der Waals surface area contributed by atoms with Crippen LogP contribution in [0.5, 0.6) is 0 Å². The molecule has 0 aliphatic carbocycles. The van der Waals surface area contributed by atoms with Crippen molar-refractivity contribution in [2.24, 2.45) is 5.92 Å². The highest BCUT2D eigenvalue weighted by molar-refractivity contribution is 5.80. The molecule has 170 valence electrons. The lowest BCUT2D eigenvalue weighted by Gasteiger charge is -2.37. The van der Waals surface area contributed by atoms with Crippen LogP contribution in [0.3, 0.4) is 0 Å². The fourth-order valence-corrected chi connectivity index (χ4v) is 4.31. The van der Waals surface area contributed by atoms with Gasteiger partial charge in [0.25, 0.3) is 0 Å². The predicted molar refractivity (Wildman–Crippen MR) is 117 cm³/mol. The number of halogens is 1. The number of rotatable bonds is 4. The Morgan fingerprint density at radius 3 is 2.38 bits per heavy atom. The Labute approximate surface area is 187 Å². The van der Waals surface area contributed by atoms with E-state index in [1.807, 2.05) is 28.9 Å². The van der Waals surface area contributed by atoms with Gasteiger partial charge in [0, 0.05) is 38.3 Å². The minimum absolute atomic E-state index is 0.0282. The number of nitrogens with zero attached hydrogens (tertiary/aromatic N) is 3. The molecule has 1 unspecified atom stereocenters. The Morgan fingerprint density at radius 2 is 1.72 bits per heavy atom. The normalized spacial score (nSPS) is 18.3. The van der Waals surface area contributed by atoms with Crippen molar-refractivity contribution in [1.29, 1.82) is 0 Å². The number of likely N-dealkylation sites (tertiary alicyclic amines) is 1. The number of hydrogen-bond donors (Lipinski definition) is 1. The van der Waals surface area contributed by atoms with Crippen LogP contribution >= 0.6 is 0 Å². The molecule has 1 aromatic heterocycles. The zero-order chi connectivity index (χ0) is 22.5. The molecule has 2 aliphatic rings. The zero-order valence-electron chi connectivity index (χ0n) is 18.3. The van der Waals surface area contributed by atoms with Crippen molar-refractivity contribution < 1.29 is 18.7 Å². The van der Waals surface area contributed by atoms with Crippen molar-refractivity contribution >= 4 is 11.9 Å². The van der Waals surface area contributed by atoms with Crippen molar-refractivity contribution in [3.63, 3.8) is 0 Å². The van der Waals surface area contributed by atoms with E-state index in [0.29, 0.717) is 52.2 Å². The molecule has 4 rings (SSSR count). The Morgan fingerprint density at radius 1 is 1.06 bits per heavy atom. The smallest absolute Gasteiger partial charge is 0.320 e. The Hall–Kier alpha value is -3.00. The molecule has 2 fully saturated rings. The third-order valence-electron chi connectivity index (χ3n) is 6.23. The molecule has 3 amide bonds. The molecule has 8 heteroatoms. The number of carbonyl (C=O) groups excluding carboxylic acids is 2. The minimum Gasteiger partial charge on any atom is -0.378 e. The van der Waals surface area contributed by atoms with Crippen LogP contribution < -0.4 is 5.32 Å². The highest BCUT2D eigenvalue weighted by Gasteiger charge is 2.31. The van der Waals surface area contributed by atoms with Crippen LogP contribution in [0, 0.1) is 18.7 Å². The van der Waals surface area contributed by atoms with Gasteiger partial charge in [-0.05, 0) is 49.1 Å². The molecule has 0 saturated carbocycles. The summed E-state index contributed by atoms with van der Waals surface area (Å²) in [4.78, 5) is 34.0. The maximum atomic E-state index is 13.5. The van der Waals surface area contributed by atoms with Gasteiger partial charge in [0.05, 0.1) is 24.9 Å². The maximum absolute atomic E-state index is 13.5. The second-order valence-corrected chi connectivity index (χ2v) is 8.34. The molecule has 7 nitrogen and oxygen atoms in total. The average molecular weight is 441 g/mol. The molecule has 0 bridgehead atoms. The molecule has 0 radical (unpaired) electrons. The molecule has 1 aromatic carbocycles. The summed E-state index contributed by atoms with van der Waals surface area (Å²) < 4.78 is 18.8. The summed E-state index contributed by atoms with van der Waals surface area (Å²) in [6.45, 7) is 5.42. The fourth-order valence-electron chi connectivity index (χ4n) is 4.31. The molecule has 2 aliphatic heterocycles. The van der Waals surface area contributed by atoms with Crippen LogP contribution in [-0.4, -0.2) is 66.1 Å². The number of aryl methyl sites for hydroxylation is 1. The van der Waals surface area contributed by atoms with E-state index in [1.165, 1.54) is 12.1 Å². The highest BCUT2D eigenvalue weighted by Crippen LogP contribution is 2.26. The van der Waals surface area contributed by atoms with Gasteiger partial charge in [-0.15, -0.1) is 0 Å². The SMILES string of the molecule is Cc1cccnc1C(NC(=O)C1CCN(C(=O)N2CCOCC2)CC1)c1ccc(F)cc1. The van der Waals surface area contributed by atoms with E-state index in [9.17, 15) is 14.0 Å². The molecular weight excluding hydrogens is 411 g/mol. The van der Waals surface area contributed by atoms with Crippen molar-refractivity contribution in [3.05, 3.63) is 65.2 Å². The molecule has 2 saturated heterocycles. The first-order valence-electron chi connectivity index (χ1n) is 11.1. The molecule has 1 atom stereocenters. The standard InChI is InChI=1S/C24H29FN4O3/c1-17-3-2-10-26-21(17)22(18-4-6-20(25)7-5-18)27-23(30)19-8-11-28(12-9-19)24(31)29-13-15-32-16-14-29/h2-7,10,19,22H,8-9,11-16H2,1H3,(H,27,30). The number of amides is 3. The number of aromatic nitrogens is 1. The summed E-state index contributed by atoms with van der Waals surface area (Å²) in [5, 5.41) is 3.13. The van der Waals surface area contributed by atoms with Gasteiger partial charge >= 0.3 is 6.03 Å². The lowest BCUT2D eigenvalue weighted by Crippen LogP contribution is -2.51. The van der Waals surface area contributed by atoms with Crippen LogP contribution in [0.15, 0.2) is 42.6 Å². The number of piperidine rings is 1. The maximum Gasteiger partial charge on any atom is 0.320 e. The van der Waals surface area contributed by atoms with Gasteiger partial charge < -0.3 is 19.9 Å². The summed E-state index contributed by atoms with van der Waals surface area (Å²) in [5.74, 6) is -0.576. The Kier molecular flexibility index (Phi) is 6.99.